The predicted molar refractivity (Wildman–Crippen MR) is 127 cm³/mol. The highest BCUT2D eigenvalue weighted by atomic mass is 16.4. The number of aliphatic carboxylic acids is 2. The lowest BCUT2D eigenvalue weighted by Crippen LogP contribution is -2.32. The molecule has 0 spiro atoms. The second-order valence-corrected chi connectivity index (χ2v) is 6.93. The average Bonchev–Trinajstić information content (AvgIpc) is 2.81. The molecule has 0 aliphatic rings. The van der Waals surface area contributed by atoms with Gasteiger partial charge in [0.1, 0.15) is 23.3 Å². The van der Waals surface area contributed by atoms with Gasteiger partial charge in [0, 0.05) is 6.08 Å². The molecule has 1 atom stereocenters. The fraction of sp³-hybridized carbons (Fsp3) is 0.0800. The van der Waals surface area contributed by atoms with E-state index in [1.54, 1.807) is 24.3 Å². The van der Waals surface area contributed by atoms with Crippen LogP contribution in [0.25, 0.3) is 6.08 Å². The van der Waals surface area contributed by atoms with Crippen molar-refractivity contribution in [1.29, 1.82) is 0 Å². The molecular weight excluding hydrogens is 458 g/mol. The quantitative estimate of drug-likeness (QED) is 0.256. The van der Waals surface area contributed by atoms with Gasteiger partial charge in [-0.2, -0.15) is 0 Å². The number of carbonyl (C=O) groups is 3. The monoisotopic (exact) mass is 483 g/mol. The standard InChI is InChI=1S/C9H11NO3.C9H8O3.C7H6O3/c10-8(9(12)13)5-6-1-3-7(11)4-2-6;10-8-4-1-7(2-5-8)3-6-9(11)12;8-6-3-1-5(2-4-6)7(9)10/h1-4,8,11H,5,10H2,(H,12,13);1-6,10H,(H,11,12);1-4,8H,(H,9,10)/b;6-3+;/t8-;;/m0../s1. The zero-order chi connectivity index (χ0) is 26.4. The molecule has 0 heterocycles. The minimum Gasteiger partial charge on any atom is -0.508 e. The molecule has 0 radical (unpaired) electrons. The molecule has 0 aliphatic heterocycles. The van der Waals surface area contributed by atoms with Crippen molar-refractivity contribution >= 4 is 24.0 Å². The lowest BCUT2D eigenvalue weighted by Gasteiger charge is -2.05. The molecule has 0 saturated heterocycles. The molecule has 184 valence electrons. The van der Waals surface area contributed by atoms with Gasteiger partial charge in [-0.1, -0.05) is 24.3 Å². The van der Waals surface area contributed by atoms with Gasteiger partial charge in [0.2, 0.25) is 0 Å². The van der Waals surface area contributed by atoms with Crippen LogP contribution in [0.15, 0.2) is 78.9 Å². The van der Waals surface area contributed by atoms with Gasteiger partial charge in [0.25, 0.3) is 0 Å². The second kappa shape index (κ2) is 14.3. The van der Waals surface area contributed by atoms with Crippen LogP contribution in [0.4, 0.5) is 0 Å². The van der Waals surface area contributed by atoms with Crippen LogP contribution in [0.2, 0.25) is 0 Å². The zero-order valence-electron chi connectivity index (χ0n) is 18.4. The second-order valence-electron chi connectivity index (χ2n) is 6.93. The van der Waals surface area contributed by atoms with E-state index < -0.39 is 23.9 Å². The van der Waals surface area contributed by atoms with Crippen LogP contribution in [0.5, 0.6) is 17.2 Å². The van der Waals surface area contributed by atoms with Gasteiger partial charge >= 0.3 is 17.9 Å². The average molecular weight is 483 g/mol. The van der Waals surface area contributed by atoms with Crippen molar-refractivity contribution in [2.24, 2.45) is 5.73 Å². The maximum Gasteiger partial charge on any atom is 0.335 e. The van der Waals surface area contributed by atoms with Gasteiger partial charge in [-0.3, -0.25) is 4.79 Å². The lowest BCUT2D eigenvalue weighted by molar-refractivity contribution is -0.138. The third kappa shape index (κ3) is 12.1. The Hall–Kier alpha value is -4.83. The summed E-state index contributed by atoms with van der Waals surface area (Å²) in [6.45, 7) is 0. The molecule has 0 fully saturated rings. The van der Waals surface area contributed by atoms with Crippen molar-refractivity contribution in [2.45, 2.75) is 12.5 Å². The number of hydrogen-bond acceptors (Lipinski definition) is 7. The summed E-state index contributed by atoms with van der Waals surface area (Å²) in [6, 6.07) is 17.1. The third-order valence-electron chi connectivity index (χ3n) is 4.13. The van der Waals surface area contributed by atoms with E-state index in [1.165, 1.54) is 54.6 Å². The van der Waals surface area contributed by atoms with Crippen LogP contribution in [-0.2, 0) is 16.0 Å². The number of carboxylic acids is 3. The van der Waals surface area contributed by atoms with Gasteiger partial charge in [-0.15, -0.1) is 0 Å². The van der Waals surface area contributed by atoms with Gasteiger partial charge in [-0.25, -0.2) is 9.59 Å². The summed E-state index contributed by atoms with van der Waals surface area (Å²) < 4.78 is 0. The number of benzene rings is 3. The van der Waals surface area contributed by atoms with E-state index in [9.17, 15) is 14.4 Å². The van der Waals surface area contributed by atoms with Gasteiger partial charge < -0.3 is 36.4 Å². The number of nitrogens with two attached hydrogens (primary N) is 1. The minimum atomic E-state index is -1.02. The van der Waals surface area contributed by atoms with E-state index in [-0.39, 0.29) is 29.2 Å². The zero-order valence-corrected chi connectivity index (χ0v) is 18.4. The van der Waals surface area contributed by atoms with Crippen LogP contribution >= 0.6 is 0 Å². The molecule has 0 aliphatic carbocycles. The van der Waals surface area contributed by atoms with E-state index >= 15 is 0 Å². The summed E-state index contributed by atoms with van der Waals surface area (Å²) in [7, 11) is 0. The summed E-state index contributed by atoms with van der Waals surface area (Å²) in [6.07, 6.45) is 2.78. The number of phenolic OH excluding ortho intramolecular Hbond substituents is 3. The Morgan fingerprint density at radius 1 is 0.714 bits per heavy atom. The van der Waals surface area contributed by atoms with E-state index in [1.807, 2.05) is 0 Å². The van der Waals surface area contributed by atoms with Crippen molar-refractivity contribution in [1.82, 2.24) is 0 Å². The molecule has 10 nitrogen and oxygen atoms in total. The van der Waals surface area contributed by atoms with Crippen molar-refractivity contribution < 1.29 is 45.0 Å². The Bertz CT molecular complexity index is 1120. The van der Waals surface area contributed by atoms with E-state index in [4.69, 9.17) is 36.4 Å². The number of carboxylic acid groups (broad SMARTS) is 3. The number of rotatable bonds is 6. The number of aromatic carboxylic acids is 1. The molecule has 0 amide bonds. The Morgan fingerprint density at radius 3 is 1.54 bits per heavy atom. The first kappa shape index (κ1) is 28.2. The molecule has 0 unspecified atom stereocenters. The molecule has 8 N–H and O–H groups in total. The SMILES string of the molecule is N[C@@H](Cc1ccc(O)cc1)C(=O)O.O=C(O)/C=C/c1ccc(O)cc1.O=C(O)c1ccc(O)cc1. The minimum absolute atomic E-state index is 0.0741. The Morgan fingerprint density at radius 2 is 1.14 bits per heavy atom. The molecular formula is C25H25NO9. The maximum atomic E-state index is 10.4. The van der Waals surface area contributed by atoms with Crippen LogP contribution in [-0.4, -0.2) is 54.6 Å². The molecule has 0 aromatic heterocycles. The summed E-state index contributed by atoms with van der Waals surface area (Å²) in [5.41, 5.74) is 7.05. The Labute approximate surface area is 200 Å². The Kier molecular flexibility index (Phi) is 11.6. The molecule has 10 heteroatoms. The summed E-state index contributed by atoms with van der Waals surface area (Å²) in [5, 5.41) is 51.8. The van der Waals surface area contributed by atoms with Crippen LogP contribution in [0.3, 0.4) is 0 Å². The van der Waals surface area contributed by atoms with Crippen LogP contribution < -0.4 is 5.73 Å². The third-order valence-corrected chi connectivity index (χ3v) is 4.13. The maximum absolute atomic E-state index is 10.4. The highest BCUT2D eigenvalue weighted by Gasteiger charge is 2.11. The lowest BCUT2D eigenvalue weighted by atomic mass is 10.1. The number of hydrogen-bond donors (Lipinski definition) is 7. The fourth-order valence-corrected chi connectivity index (χ4v) is 2.33. The molecule has 3 aromatic carbocycles. The molecule has 3 aromatic rings. The summed E-state index contributed by atoms with van der Waals surface area (Å²) in [5.74, 6) is -2.59. The predicted octanol–water partition coefficient (Wildman–Crippen LogP) is 2.93. The smallest absolute Gasteiger partial charge is 0.335 e. The topological polar surface area (TPSA) is 199 Å². The highest BCUT2D eigenvalue weighted by molar-refractivity contribution is 5.87. The first-order valence-electron chi connectivity index (χ1n) is 9.96. The largest absolute Gasteiger partial charge is 0.508 e. The normalized spacial score (nSPS) is 10.8. The molecule has 0 saturated carbocycles. The first-order chi connectivity index (χ1) is 16.5. The summed E-state index contributed by atoms with van der Waals surface area (Å²) >= 11 is 0. The van der Waals surface area contributed by atoms with Gasteiger partial charge in [0.05, 0.1) is 5.56 Å². The fourth-order valence-electron chi connectivity index (χ4n) is 2.33. The van der Waals surface area contributed by atoms with E-state index in [2.05, 4.69) is 0 Å². The first-order valence-corrected chi connectivity index (χ1v) is 9.96. The number of phenols is 3. The summed E-state index contributed by atoms with van der Waals surface area (Å²) in [4.78, 5) is 30.7. The molecule has 35 heavy (non-hydrogen) atoms. The van der Waals surface area contributed by atoms with Crippen molar-refractivity contribution in [3.05, 3.63) is 95.6 Å². The Balaban J connectivity index is 0.000000265. The van der Waals surface area contributed by atoms with E-state index in [0.717, 1.165) is 17.2 Å². The van der Waals surface area contributed by atoms with Crippen LogP contribution in [0.1, 0.15) is 21.5 Å². The van der Waals surface area contributed by atoms with Crippen molar-refractivity contribution in [3.8, 4) is 17.2 Å². The molecule has 0 bridgehead atoms. The molecule has 3 rings (SSSR count). The van der Waals surface area contributed by atoms with Gasteiger partial charge in [0.15, 0.2) is 0 Å². The van der Waals surface area contributed by atoms with Crippen molar-refractivity contribution in [3.63, 3.8) is 0 Å². The number of aromatic hydroxyl groups is 3. The van der Waals surface area contributed by atoms with Crippen LogP contribution in [0, 0.1) is 0 Å². The van der Waals surface area contributed by atoms with E-state index in [0.29, 0.717) is 0 Å². The van der Waals surface area contributed by atoms with Gasteiger partial charge in [-0.05, 0) is 72.2 Å². The van der Waals surface area contributed by atoms with Crippen molar-refractivity contribution in [2.75, 3.05) is 0 Å². The highest BCUT2D eigenvalue weighted by Crippen LogP contribution is 2.11.